The number of aryl methyl sites for hydroxylation is 1. The van der Waals surface area contributed by atoms with Crippen molar-refractivity contribution in [2.24, 2.45) is 4.99 Å². The molecule has 0 bridgehead atoms. The number of aromatic nitrogens is 1. The lowest BCUT2D eigenvalue weighted by atomic mass is 9.94. The Balaban J connectivity index is 1.86. The summed E-state index contributed by atoms with van der Waals surface area (Å²) in [6.45, 7) is 6.14. The van der Waals surface area contributed by atoms with Crippen molar-refractivity contribution < 1.29 is 0 Å². The first-order valence-corrected chi connectivity index (χ1v) is 10.9. The van der Waals surface area contributed by atoms with Gasteiger partial charge in [-0.05, 0) is 62.1 Å². The van der Waals surface area contributed by atoms with Crippen LogP contribution < -0.4 is 0 Å². The Bertz CT molecular complexity index is 1070. The summed E-state index contributed by atoms with van der Waals surface area (Å²) in [4.78, 5) is 6.57. The van der Waals surface area contributed by atoms with Crippen LogP contribution in [0.3, 0.4) is 0 Å². The molecule has 1 aromatic heterocycles. The Labute approximate surface area is 180 Å². The van der Waals surface area contributed by atoms with Crippen LogP contribution in [-0.4, -0.2) is 30.3 Å². The van der Waals surface area contributed by atoms with E-state index in [2.05, 4.69) is 84.8 Å². The van der Waals surface area contributed by atoms with E-state index in [9.17, 15) is 0 Å². The average Bonchev–Trinajstić information content (AvgIpc) is 3.16. The van der Waals surface area contributed by atoms with Crippen molar-refractivity contribution in [3.05, 3.63) is 88.7 Å². The van der Waals surface area contributed by atoms with Crippen molar-refractivity contribution in [3.63, 3.8) is 0 Å². The zero-order valence-electron chi connectivity index (χ0n) is 18.4. The Morgan fingerprint density at radius 2 is 1.73 bits per heavy atom. The molecule has 3 aromatic rings. The molecule has 0 spiro atoms. The fraction of sp³-hybridized carbons (Fsp3) is 0.296. The minimum atomic E-state index is 0.904. The molecule has 154 valence electrons. The van der Waals surface area contributed by atoms with Crippen molar-refractivity contribution in [2.45, 2.75) is 39.0 Å². The number of aliphatic imine (C=N–C) groups is 1. The Morgan fingerprint density at radius 1 is 1.00 bits per heavy atom. The summed E-state index contributed by atoms with van der Waals surface area (Å²) in [5.41, 5.74) is 10.0. The van der Waals surface area contributed by atoms with Gasteiger partial charge in [-0.3, -0.25) is 4.99 Å². The molecule has 2 aromatic carbocycles. The molecule has 3 nitrogen and oxygen atoms in total. The molecule has 3 heteroatoms. The normalized spacial score (nSPS) is 14.1. The zero-order chi connectivity index (χ0) is 21.1. The van der Waals surface area contributed by atoms with Crippen molar-refractivity contribution >= 4 is 18.1 Å². The summed E-state index contributed by atoms with van der Waals surface area (Å²) in [5.74, 6) is 0. The topological polar surface area (TPSA) is 20.5 Å². The monoisotopic (exact) mass is 397 g/mol. The summed E-state index contributed by atoms with van der Waals surface area (Å²) >= 11 is 0. The molecule has 0 radical (unpaired) electrons. The highest BCUT2D eigenvalue weighted by Crippen LogP contribution is 2.33. The minimum absolute atomic E-state index is 0.904. The van der Waals surface area contributed by atoms with E-state index in [-0.39, 0.29) is 0 Å². The van der Waals surface area contributed by atoms with Gasteiger partial charge in [0.25, 0.3) is 0 Å². The average molecular weight is 398 g/mol. The predicted octanol–water partition coefficient (Wildman–Crippen LogP) is 6.01. The molecule has 0 saturated heterocycles. The number of benzene rings is 2. The summed E-state index contributed by atoms with van der Waals surface area (Å²) in [5, 5.41) is 0. The molecule has 0 unspecified atom stereocenters. The molecule has 1 heterocycles. The van der Waals surface area contributed by atoms with Crippen LogP contribution >= 0.6 is 0 Å². The van der Waals surface area contributed by atoms with Crippen LogP contribution in [0.5, 0.6) is 0 Å². The predicted molar refractivity (Wildman–Crippen MR) is 128 cm³/mol. The smallest absolute Gasteiger partial charge is 0.0934 e. The molecule has 0 amide bonds. The van der Waals surface area contributed by atoms with Gasteiger partial charge in [0.1, 0.15) is 0 Å². The second-order valence-electron chi connectivity index (χ2n) is 8.18. The quantitative estimate of drug-likeness (QED) is 0.369. The second kappa shape index (κ2) is 8.74. The SMILES string of the molecule is C=N/C(=C(/c1cccc(-n2cc(CC)c3c2CCCC3)c1)N(C)C)c1ccccc1. The number of hydrogen-bond acceptors (Lipinski definition) is 2. The van der Waals surface area contributed by atoms with Crippen molar-refractivity contribution in [1.29, 1.82) is 0 Å². The molecule has 0 aliphatic heterocycles. The van der Waals surface area contributed by atoms with Gasteiger partial charge in [-0.15, -0.1) is 0 Å². The lowest BCUT2D eigenvalue weighted by Crippen LogP contribution is -2.13. The Morgan fingerprint density at radius 3 is 2.43 bits per heavy atom. The van der Waals surface area contributed by atoms with Gasteiger partial charge in [-0.25, -0.2) is 0 Å². The van der Waals surface area contributed by atoms with Gasteiger partial charge in [0.05, 0.1) is 11.4 Å². The van der Waals surface area contributed by atoms with Crippen molar-refractivity contribution in [3.8, 4) is 5.69 Å². The van der Waals surface area contributed by atoms with Gasteiger partial charge in [0.2, 0.25) is 0 Å². The largest absolute Gasteiger partial charge is 0.375 e. The van der Waals surface area contributed by atoms with Gasteiger partial charge < -0.3 is 9.47 Å². The molecule has 1 aliphatic rings. The number of fused-ring (bicyclic) bond motifs is 1. The molecule has 30 heavy (non-hydrogen) atoms. The van der Waals surface area contributed by atoms with Gasteiger partial charge in [-0.1, -0.05) is 49.4 Å². The van der Waals surface area contributed by atoms with Crippen molar-refractivity contribution in [2.75, 3.05) is 14.1 Å². The first kappa shape index (κ1) is 20.2. The molecule has 0 atom stereocenters. The van der Waals surface area contributed by atoms with E-state index in [1.807, 2.05) is 18.2 Å². The van der Waals surface area contributed by atoms with E-state index < -0.39 is 0 Å². The second-order valence-corrected chi connectivity index (χ2v) is 8.18. The van der Waals surface area contributed by atoms with E-state index in [1.54, 1.807) is 5.56 Å². The lowest BCUT2D eigenvalue weighted by Gasteiger charge is -2.22. The van der Waals surface area contributed by atoms with Crippen LogP contribution in [0.25, 0.3) is 17.1 Å². The zero-order valence-corrected chi connectivity index (χ0v) is 18.4. The van der Waals surface area contributed by atoms with E-state index in [0.717, 1.165) is 28.9 Å². The maximum absolute atomic E-state index is 4.43. The van der Waals surface area contributed by atoms with E-state index in [0.29, 0.717) is 0 Å². The number of rotatable bonds is 6. The fourth-order valence-electron chi connectivity index (χ4n) is 4.66. The highest BCUT2D eigenvalue weighted by Gasteiger charge is 2.20. The van der Waals surface area contributed by atoms with Crippen LogP contribution in [0.1, 0.15) is 47.7 Å². The molecule has 1 aliphatic carbocycles. The van der Waals surface area contributed by atoms with Crippen LogP contribution in [-0.2, 0) is 19.3 Å². The first-order valence-electron chi connectivity index (χ1n) is 10.9. The third-order valence-corrected chi connectivity index (χ3v) is 6.06. The Kier molecular flexibility index (Phi) is 5.89. The van der Waals surface area contributed by atoms with E-state index >= 15 is 0 Å². The van der Waals surface area contributed by atoms with Crippen LogP contribution in [0.2, 0.25) is 0 Å². The maximum atomic E-state index is 4.43. The molecule has 0 fully saturated rings. The number of hydrogen-bond donors (Lipinski definition) is 0. The van der Waals surface area contributed by atoms with E-state index in [1.165, 1.54) is 42.6 Å². The van der Waals surface area contributed by atoms with Gasteiger partial charge >= 0.3 is 0 Å². The van der Waals surface area contributed by atoms with Gasteiger partial charge in [0.15, 0.2) is 0 Å². The van der Waals surface area contributed by atoms with Gasteiger partial charge in [0, 0.05) is 42.8 Å². The minimum Gasteiger partial charge on any atom is -0.375 e. The van der Waals surface area contributed by atoms with E-state index in [4.69, 9.17) is 0 Å². The molecule has 0 N–H and O–H groups in total. The lowest BCUT2D eigenvalue weighted by molar-refractivity contribution is 0.592. The van der Waals surface area contributed by atoms with Crippen LogP contribution in [0.4, 0.5) is 0 Å². The standard InChI is InChI=1S/C27H31N3/c1-5-20-19-30(25-17-10-9-16-24(20)25)23-15-11-14-22(18-23)27(29(3)4)26(28-2)21-12-7-6-8-13-21/h6-8,11-15,18-19H,2,5,9-10,16-17H2,1,3-4H3/b27-26-. The van der Waals surface area contributed by atoms with Gasteiger partial charge in [-0.2, -0.15) is 0 Å². The maximum Gasteiger partial charge on any atom is 0.0934 e. The van der Waals surface area contributed by atoms with Crippen LogP contribution in [0.15, 0.2) is 65.8 Å². The highest BCUT2D eigenvalue weighted by atomic mass is 15.1. The Hall–Kier alpha value is -3.07. The molecular formula is C27H31N3. The van der Waals surface area contributed by atoms with Crippen LogP contribution in [0, 0.1) is 0 Å². The first-order chi connectivity index (χ1) is 14.6. The summed E-state index contributed by atoms with van der Waals surface area (Å²) in [7, 11) is 4.14. The number of nitrogens with zero attached hydrogens (tertiary/aromatic N) is 3. The molecular weight excluding hydrogens is 366 g/mol. The molecule has 0 saturated carbocycles. The third-order valence-electron chi connectivity index (χ3n) is 6.06. The summed E-state index contributed by atoms with van der Waals surface area (Å²) < 4.78 is 2.42. The summed E-state index contributed by atoms with van der Waals surface area (Å²) in [6.07, 6.45) is 8.42. The van der Waals surface area contributed by atoms with Crippen molar-refractivity contribution in [1.82, 2.24) is 9.47 Å². The fourth-order valence-corrected chi connectivity index (χ4v) is 4.66. The highest BCUT2D eigenvalue weighted by molar-refractivity contribution is 5.90. The summed E-state index contributed by atoms with van der Waals surface area (Å²) in [6, 6.07) is 19.1. The third kappa shape index (κ3) is 3.72. The molecule has 4 rings (SSSR count).